The lowest BCUT2D eigenvalue weighted by atomic mass is 10.1. The van der Waals surface area contributed by atoms with Gasteiger partial charge in [0.2, 0.25) is 0 Å². The van der Waals surface area contributed by atoms with Crippen molar-refractivity contribution in [1.82, 2.24) is 4.90 Å². The summed E-state index contributed by atoms with van der Waals surface area (Å²) in [7, 11) is 0. The summed E-state index contributed by atoms with van der Waals surface area (Å²) in [5.74, 6) is 0.279. The second-order valence-electron chi connectivity index (χ2n) is 4.19. The predicted octanol–water partition coefficient (Wildman–Crippen LogP) is 3.30. The molecule has 0 aliphatic carbocycles. The first-order chi connectivity index (χ1) is 9.42. The molecule has 0 saturated heterocycles. The summed E-state index contributed by atoms with van der Waals surface area (Å²) in [6, 6.07) is 4.81. The summed E-state index contributed by atoms with van der Waals surface area (Å²) in [5.41, 5.74) is -1.35. The fourth-order valence-corrected chi connectivity index (χ4v) is 1.79. The van der Waals surface area contributed by atoms with E-state index in [0.717, 1.165) is 25.2 Å². The molecule has 0 aromatic heterocycles. The van der Waals surface area contributed by atoms with Crippen LogP contribution in [0.4, 0.5) is 13.2 Å². The van der Waals surface area contributed by atoms with Crippen LogP contribution in [-0.2, 0) is 6.18 Å². The average Bonchev–Trinajstić information content (AvgIpc) is 2.42. The highest BCUT2D eigenvalue weighted by Crippen LogP contribution is 2.33. The van der Waals surface area contributed by atoms with Gasteiger partial charge in [-0.05, 0) is 31.3 Å². The number of nitrogens with zero attached hydrogens (tertiary/aromatic N) is 2. The number of ether oxygens (including phenoxy) is 1. The van der Waals surface area contributed by atoms with E-state index in [9.17, 15) is 13.2 Å². The molecule has 0 N–H and O–H groups in total. The lowest BCUT2D eigenvalue weighted by Gasteiger charge is -2.18. The molecular formula is C14H17F3N2O. The van der Waals surface area contributed by atoms with Crippen LogP contribution >= 0.6 is 0 Å². The van der Waals surface area contributed by atoms with E-state index in [0.29, 0.717) is 13.2 Å². The normalized spacial score (nSPS) is 11.4. The molecule has 0 amide bonds. The van der Waals surface area contributed by atoms with Crippen molar-refractivity contribution in [1.29, 1.82) is 5.26 Å². The Morgan fingerprint density at radius 1 is 1.25 bits per heavy atom. The van der Waals surface area contributed by atoms with Gasteiger partial charge in [0.15, 0.2) is 0 Å². The summed E-state index contributed by atoms with van der Waals surface area (Å²) in [4.78, 5) is 2.13. The van der Waals surface area contributed by atoms with Crippen LogP contribution < -0.4 is 4.74 Å². The van der Waals surface area contributed by atoms with E-state index in [1.807, 2.05) is 13.8 Å². The number of nitriles is 1. The Kier molecular flexibility index (Phi) is 5.83. The van der Waals surface area contributed by atoms with Crippen LogP contribution in [0, 0.1) is 11.3 Å². The van der Waals surface area contributed by atoms with Crippen LogP contribution in [0.15, 0.2) is 18.2 Å². The fourth-order valence-electron chi connectivity index (χ4n) is 1.79. The Bertz CT molecular complexity index is 476. The molecule has 0 radical (unpaired) electrons. The van der Waals surface area contributed by atoms with Crippen molar-refractivity contribution in [2.45, 2.75) is 20.0 Å². The van der Waals surface area contributed by atoms with E-state index in [1.54, 1.807) is 6.07 Å². The molecule has 0 fully saturated rings. The van der Waals surface area contributed by atoms with Gasteiger partial charge in [-0.3, -0.25) is 0 Å². The molecule has 1 rings (SSSR count). The summed E-state index contributed by atoms with van der Waals surface area (Å²) < 4.78 is 43.2. The van der Waals surface area contributed by atoms with E-state index in [4.69, 9.17) is 10.00 Å². The smallest absolute Gasteiger partial charge is 0.417 e. The molecule has 0 atom stereocenters. The molecule has 0 bridgehead atoms. The van der Waals surface area contributed by atoms with Gasteiger partial charge in [-0.25, -0.2) is 0 Å². The first kappa shape index (κ1) is 16.3. The number of benzene rings is 1. The Balaban J connectivity index is 2.72. The van der Waals surface area contributed by atoms with Crippen LogP contribution in [0.2, 0.25) is 0 Å². The van der Waals surface area contributed by atoms with Crippen LogP contribution in [0.3, 0.4) is 0 Å². The standard InChI is InChI=1S/C14H17F3N2O/c1-3-19(4-2)7-8-20-12-5-6-13(14(15,16)17)11(9-12)10-18/h5-6,9H,3-4,7-8H2,1-2H3. The fraction of sp³-hybridized carbons (Fsp3) is 0.500. The molecule has 20 heavy (non-hydrogen) atoms. The van der Waals surface area contributed by atoms with E-state index < -0.39 is 17.3 Å². The van der Waals surface area contributed by atoms with Gasteiger partial charge < -0.3 is 9.64 Å². The van der Waals surface area contributed by atoms with Gasteiger partial charge in [0.1, 0.15) is 12.4 Å². The predicted molar refractivity (Wildman–Crippen MR) is 69.4 cm³/mol. The van der Waals surface area contributed by atoms with Crippen LogP contribution in [-0.4, -0.2) is 31.1 Å². The molecule has 0 aliphatic heterocycles. The second-order valence-corrected chi connectivity index (χ2v) is 4.19. The minimum absolute atomic E-state index is 0.279. The summed E-state index contributed by atoms with van der Waals surface area (Å²) in [6.45, 7) is 6.88. The van der Waals surface area contributed by atoms with E-state index in [-0.39, 0.29) is 5.75 Å². The van der Waals surface area contributed by atoms with Gasteiger partial charge >= 0.3 is 6.18 Å². The highest BCUT2D eigenvalue weighted by atomic mass is 19.4. The number of hydrogen-bond donors (Lipinski definition) is 0. The first-order valence-electron chi connectivity index (χ1n) is 6.38. The van der Waals surface area contributed by atoms with Crippen molar-refractivity contribution in [2.75, 3.05) is 26.2 Å². The molecule has 1 aromatic carbocycles. The van der Waals surface area contributed by atoms with Crippen LogP contribution in [0.25, 0.3) is 0 Å². The van der Waals surface area contributed by atoms with Gasteiger partial charge in [0, 0.05) is 6.54 Å². The van der Waals surface area contributed by atoms with E-state index in [1.165, 1.54) is 6.07 Å². The van der Waals surface area contributed by atoms with Crippen molar-refractivity contribution in [3.8, 4) is 11.8 Å². The third-order valence-corrected chi connectivity index (χ3v) is 2.99. The number of halogens is 3. The van der Waals surface area contributed by atoms with Crippen LogP contribution in [0.1, 0.15) is 25.0 Å². The number of rotatable bonds is 6. The summed E-state index contributed by atoms with van der Waals surface area (Å²) in [6.07, 6.45) is -4.52. The molecule has 110 valence electrons. The lowest BCUT2D eigenvalue weighted by molar-refractivity contribution is -0.137. The molecule has 0 heterocycles. The summed E-state index contributed by atoms with van der Waals surface area (Å²) >= 11 is 0. The van der Waals surface area contributed by atoms with Crippen LogP contribution in [0.5, 0.6) is 5.75 Å². The number of likely N-dealkylation sites (N-methyl/N-ethyl adjacent to an activating group) is 1. The number of alkyl halides is 3. The van der Waals surface area contributed by atoms with Crippen molar-refractivity contribution >= 4 is 0 Å². The van der Waals surface area contributed by atoms with Gasteiger partial charge in [-0.2, -0.15) is 18.4 Å². The average molecular weight is 286 g/mol. The SMILES string of the molecule is CCN(CC)CCOc1ccc(C(F)(F)F)c(C#N)c1. The van der Waals surface area contributed by atoms with Crippen molar-refractivity contribution in [2.24, 2.45) is 0 Å². The Labute approximate surface area is 116 Å². The third kappa shape index (κ3) is 4.42. The van der Waals surface area contributed by atoms with Gasteiger partial charge in [0.05, 0.1) is 17.2 Å². The Hall–Kier alpha value is -1.74. The van der Waals surface area contributed by atoms with Crippen molar-refractivity contribution < 1.29 is 17.9 Å². The van der Waals surface area contributed by atoms with E-state index >= 15 is 0 Å². The zero-order valence-corrected chi connectivity index (χ0v) is 11.5. The van der Waals surface area contributed by atoms with Gasteiger partial charge in [-0.1, -0.05) is 13.8 Å². The molecule has 0 aliphatic rings. The highest BCUT2D eigenvalue weighted by molar-refractivity contribution is 5.44. The minimum atomic E-state index is -4.52. The lowest BCUT2D eigenvalue weighted by Crippen LogP contribution is -2.27. The maximum atomic E-state index is 12.6. The molecule has 0 saturated carbocycles. The van der Waals surface area contributed by atoms with Crippen molar-refractivity contribution in [3.05, 3.63) is 29.3 Å². The zero-order chi connectivity index (χ0) is 15.2. The van der Waals surface area contributed by atoms with E-state index in [2.05, 4.69) is 4.90 Å². The summed E-state index contributed by atoms with van der Waals surface area (Å²) in [5, 5.41) is 8.78. The minimum Gasteiger partial charge on any atom is -0.492 e. The molecule has 3 nitrogen and oxygen atoms in total. The largest absolute Gasteiger partial charge is 0.492 e. The quantitative estimate of drug-likeness (QED) is 0.805. The van der Waals surface area contributed by atoms with Gasteiger partial charge in [0.25, 0.3) is 0 Å². The molecule has 1 aromatic rings. The molecule has 6 heteroatoms. The third-order valence-electron chi connectivity index (χ3n) is 2.99. The Morgan fingerprint density at radius 2 is 1.90 bits per heavy atom. The topological polar surface area (TPSA) is 36.3 Å². The molecule has 0 spiro atoms. The van der Waals surface area contributed by atoms with Gasteiger partial charge in [-0.15, -0.1) is 0 Å². The maximum absolute atomic E-state index is 12.6. The van der Waals surface area contributed by atoms with Crippen molar-refractivity contribution in [3.63, 3.8) is 0 Å². The molecule has 0 unspecified atom stereocenters. The molecular weight excluding hydrogens is 269 g/mol. The second kappa shape index (κ2) is 7.15. The monoisotopic (exact) mass is 286 g/mol. The Morgan fingerprint density at radius 3 is 2.40 bits per heavy atom. The zero-order valence-electron chi connectivity index (χ0n) is 11.5. The number of hydrogen-bond acceptors (Lipinski definition) is 3. The first-order valence-corrected chi connectivity index (χ1v) is 6.38. The maximum Gasteiger partial charge on any atom is 0.417 e. The highest BCUT2D eigenvalue weighted by Gasteiger charge is 2.33.